The summed E-state index contributed by atoms with van der Waals surface area (Å²) in [6, 6.07) is 6.33. The maximum absolute atomic E-state index is 9.28. The third-order valence-electron chi connectivity index (χ3n) is 3.05. The number of hydrogen-bond acceptors (Lipinski definition) is 3. The number of aromatic nitrogens is 1. The predicted octanol–water partition coefficient (Wildman–Crippen LogP) is 1.43. The summed E-state index contributed by atoms with van der Waals surface area (Å²) in [4.78, 5) is 6.66. The van der Waals surface area contributed by atoms with Gasteiger partial charge in [-0.15, -0.1) is 0 Å². The van der Waals surface area contributed by atoms with Gasteiger partial charge in [0.25, 0.3) is 0 Å². The third kappa shape index (κ3) is 2.76. The lowest BCUT2D eigenvalue weighted by molar-refractivity contribution is 0.0831. The zero-order valence-electron chi connectivity index (χ0n) is 8.97. The molecule has 2 heterocycles. The first-order valence-corrected chi connectivity index (χ1v) is 5.65. The standard InChI is InChI=1S/C12H18N2O/c15-10-12-6-2-4-8-14(12)9-11-5-1-3-7-13-11/h1,3,5,7,12,15H,2,4,6,8-10H2/t12-/m1/s1. The van der Waals surface area contributed by atoms with Gasteiger partial charge in [-0.2, -0.15) is 0 Å². The van der Waals surface area contributed by atoms with Crippen LogP contribution in [0.1, 0.15) is 25.0 Å². The van der Waals surface area contributed by atoms with Crippen molar-refractivity contribution in [3.8, 4) is 0 Å². The smallest absolute Gasteiger partial charge is 0.0587 e. The van der Waals surface area contributed by atoms with E-state index in [1.54, 1.807) is 0 Å². The van der Waals surface area contributed by atoms with Crippen molar-refractivity contribution in [1.82, 2.24) is 9.88 Å². The molecule has 3 nitrogen and oxygen atoms in total. The Morgan fingerprint density at radius 3 is 3.07 bits per heavy atom. The van der Waals surface area contributed by atoms with Crippen LogP contribution in [-0.4, -0.2) is 34.2 Å². The molecule has 0 aromatic carbocycles. The normalized spacial score (nSPS) is 22.9. The lowest BCUT2D eigenvalue weighted by atomic mass is 10.0. The molecule has 82 valence electrons. The fraction of sp³-hybridized carbons (Fsp3) is 0.583. The molecule has 1 N–H and O–H groups in total. The second kappa shape index (κ2) is 5.24. The summed E-state index contributed by atoms with van der Waals surface area (Å²) in [5.74, 6) is 0. The van der Waals surface area contributed by atoms with Crippen LogP contribution >= 0.6 is 0 Å². The summed E-state index contributed by atoms with van der Waals surface area (Å²) in [6.45, 7) is 2.22. The highest BCUT2D eigenvalue weighted by Gasteiger charge is 2.21. The van der Waals surface area contributed by atoms with Gasteiger partial charge in [0.2, 0.25) is 0 Å². The summed E-state index contributed by atoms with van der Waals surface area (Å²) in [5.41, 5.74) is 1.10. The van der Waals surface area contributed by atoms with Crippen molar-refractivity contribution in [2.45, 2.75) is 31.8 Å². The van der Waals surface area contributed by atoms with Crippen LogP contribution in [0.25, 0.3) is 0 Å². The Balaban J connectivity index is 1.97. The minimum atomic E-state index is 0.271. The Morgan fingerprint density at radius 1 is 1.40 bits per heavy atom. The molecule has 1 fully saturated rings. The van der Waals surface area contributed by atoms with E-state index in [0.29, 0.717) is 6.04 Å². The van der Waals surface area contributed by atoms with Crippen LogP contribution in [0.4, 0.5) is 0 Å². The Kier molecular flexibility index (Phi) is 3.69. The highest BCUT2D eigenvalue weighted by molar-refractivity contribution is 5.03. The first-order valence-electron chi connectivity index (χ1n) is 5.65. The monoisotopic (exact) mass is 206 g/mol. The van der Waals surface area contributed by atoms with Crippen LogP contribution in [0.3, 0.4) is 0 Å². The molecule has 3 heteroatoms. The lowest BCUT2D eigenvalue weighted by Crippen LogP contribution is -2.41. The molecular weight excluding hydrogens is 188 g/mol. The molecule has 0 radical (unpaired) electrons. The number of hydrogen-bond donors (Lipinski definition) is 1. The van der Waals surface area contributed by atoms with Crippen LogP contribution in [0.2, 0.25) is 0 Å². The largest absolute Gasteiger partial charge is 0.395 e. The molecule has 15 heavy (non-hydrogen) atoms. The molecule has 0 bridgehead atoms. The average molecular weight is 206 g/mol. The summed E-state index contributed by atoms with van der Waals surface area (Å²) in [5, 5.41) is 9.28. The van der Waals surface area contributed by atoms with E-state index in [1.165, 1.54) is 12.8 Å². The molecule has 1 aromatic heterocycles. The van der Waals surface area contributed by atoms with Gasteiger partial charge in [0.1, 0.15) is 0 Å². The van der Waals surface area contributed by atoms with Gasteiger partial charge in [-0.05, 0) is 31.5 Å². The van der Waals surface area contributed by atoms with E-state index in [0.717, 1.165) is 25.2 Å². The second-order valence-corrected chi connectivity index (χ2v) is 4.12. The van der Waals surface area contributed by atoms with E-state index in [-0.39, 0.29) is 6.61 Å². The van der Waals surface area contributed by atoms with Crippen LogP contribution in [0.5, 0.6) is 0 Å². The predicted molar refractivity (Wildman–Crippen MR) is 59.4 cm³/mol. The van der Waals surface area contributed by atoms with Crippen LogP contribution in [-0.2, 0) is 6.54 Å². The van der Waals surface area contributed by atoms with Crippen molar-refractivity contribution < 1.29 is 5.11 Å². The van der Waals surface area contributed by atoms with Crippen molar-refractivity contribution in [3.63, 3.8) is 0 Å². The second-order valence-electron chi connectivity index (χ2n) is 4.12. The minimum Gasteiger partial charge on any atom is -0.395 e. The molecule has 0 spiro atoms. The quantitative estimate of drug-likeness (QED) is 0.812. The van der Waals surface area contributed by atoms with Gasteiger partial charge < -0.3 is 5.11 Å². The highest BCUT2D eigenvalue weighted by atomic mass is 16.3. The molecule has 1 aliphatic rings. The zero-order valence-corrected chi connectivity index (χ0v) is 8.97. The van der Waals surface area contributed by atoms with Crippen LogP contribution < -0.4 is 0 Å². The maximum Gasteiger partial charge on any atom is 0.0587 e. The van der Waals surface area contributed by atoms with Crippen molar-refractivity contribution in [3.05, 3.63) is 30.1 Å². The van der Waals surface area contributed by atoms with E-state index in [9.17, 15) is 5.11 Å². The molecule has 1 saturated heterocycles. The van der Waals surface area contributed by atoms with Gasteiger partial charge in [0, 0.05) is 18.8 Å². The molecule has 0 unspecified atom stereocenters. The highest BCUT2D eigenvalue weighted by Crippen LogP contribution is 2.18. The minimum absolute atomic E-state index is 0.271. The lowest BCUT2D eigenvalue weighted by Gasteiger charge is -2.34. The molecule has 1 aromatic rings. The number of pyridine rings is 1. The van der Waals surface area contributed by atoms with Gasteiger partial charge in [-0.1, -0.05) is 12.5 Å². The number of rotatable bonds is 3. The summed E-state index contributed by atoms with van der Waals surface area (Å²) in [6.07, 6.45) is 5.42. The van der Waals surface area contributed by atoms with Gasteiger partial charge >= 0.3 is 0 Å². The first-order chi connectivity index (χ1) is 7.40. The number of aliphatic hydroxyl groups is 1. The van der Waals surface area contributed by atoms with Crippen molar-refractivity contribution in [2.75, 3.05) is 13.2 Å². The number of piperidine rings is 1. The van der Waals surface area contributed by atoms with E-state index >= 15 is 0 Å². The summed E-state index contributed by atoms with van der Waals surface area (Å²) < 4.78 is 0. The maximum atomic E-state index is 9.28. The average Bonchev–Trinajstić information content (AvgIpc) is 2.31. The van der Waals surface area contributed by atoms with Crippen molar-refractivity contribution in [1.29, 1.82) is 0 Å². The molecule has 1 aliphatic heterocycles. The van der Waals surface area contributed by atoms with Gasteiger partial charge in [-0.25, -0.2) is 0 Å². The van der Waals surface area contributed by atoms with E-state index < -0.39 is 0 Å². The Hall–Kier alpha value is -0.930. The SMILES string of the molecule is OC[C@H]1CCCCN1Cc1ccccn1. The Labute approximate surface area is 90.8 Å². The molecule has 1 atom stereocenters. The summed E-state index contributed by atoms with van der Waals surface area (Å²) in [7, 11) is 0. The topological polar surface area (TPSA) is 36.4 Å². The third-order valence-corrected chi connectivity index (χ3v) is 3.05. The molecule has 0 saturated carbocycles. The van der Waals surface area contributed by atoms with Gasteiger partial charge in [0.15, 0.2) is 0 Å². The molecule has 0 amide bonds. The first kappa shape index (κ1) is 10.6. The fourth-order valence-electron chi connectivity index (χ4n) is 2.17. The van der Waals surface area contributed by atoms with Crippen LogP contribution in [0, 0.1) is 0 Å². The molecule has 2 rings (SSSR count). The fourth-order valence-corrected chi connectivity index (χ4v) is 2.17. The Bertz CT molecular complexity index is 289. The van der Waals surface area contributed by atoms with E-state index in [4.69, 9.17) is 0 Å². The van der Waals surface area contributed by atoms with Gasteiger partial charge in [-0.3, -0.25) is 9.88 Å². The number of nitrogens with zero attached hydrogens (tertiary/aromatic N) is 2. The van der Waals surface area contributed by atoms with Crippen molar-refractivity contribution in [2.24, 2.45) is 0 Å². The van der Waals surface area contributed by atoms with E-state index in [2.05, 4.69) is 9.88 Å². The zero-order chi connectivity index (χ0) is 10.5. The van der Waals surface area contributed by atoms with Gasteiger partial charge in [0.05, 0.1) is 12.3 Å². The molecule has 0 aliphatic carbocycles. The van der Waals surface area contributed by atoms with E-state index in [1.807, 2.05) is 24.4 Å². The number of aliphatic hydroxyl groups excluding tert-OH is 1. The number of likely N-dealkylation sites (tertiary alicyclic amines) is 1. The van der Waals surface area contributed by atoms with Crippen molar-refractivity contribution >= 4 is 0 Å². The Morgan fingerprint density at radius 2 is 2.33 bits per heavy atom. The summed E-state index contributed by atoms with van der Waals surface area (Å²) >= 11 is 0. The molecular formula is C12H18N2O. The van der Waals surface area contributed by atoms with Crippen LogP contribution in [0.15, 0.2) is 24.4 Å².